The molecule has 15 heavy (non-hydrogen) atoms. The zero-order valence-electron chi connectivity index (χ0n) is 8.52. The lowest BCUT2D eigenvalue weighted by atomic mass is 10.2. The number of nitrogens with one attached hydrogen (secondary N) is 1. The second-order valence-electron chi connectivity index (χ2n) is 3.04. The summed E-state index contributed by atoms with van der Waals surface area (Å²) in [4.78, 5) is 0. The monoisotopic (exact) mass is 248 g/mol. The third kappa shape index (κ3) is 3.54. The minimum absolute atomic E-state index is 0.562. The molecule has 0 heterocycles. The molecule has 0 aliphatic rings. The van der Waals surface area contributed by atoms with Crippen LogP contribution in [0.25, 0.3) is 0 Å². The van der Waals surface area contributed by atoms with Gasteiger partial charge in [-0.2, -0.15) is 0 Å². The summed E-state index contributed by atoms with van der Waals surface area (Å²) in [6.07, 6.45) is 0. The first-order chi connectivity index (χ1) is 7.19. The molecule has 0 saturated heterocycles. The van der Waals surface area contributed by atoms with E-state index in [0.717, 1.165) is 12.1 Å². The van der Waals surface area contributed by atoms with Crippen LogP contribution in [0, 0.1) is 0 Å². The van der Waals surface area contributed by atoms with Crippen molar-refractivity contribution in [2.75, 3.05) is 20.2 Å². The first kappa shape index (κ1) is 12.6. The topological polar surface area (TPSA) is 47.3 Å². The van der Waals surface area contributed by atoms with Crippen LogP contribution in [0.5, 0.6) is 5.75 Å². The van der Waals surface area contributed by atoms with Crippen LogP contribution in [-0.2, 0) is 6.54 Å². The summed E-state index contributed by atoms with van der Waals surface area (Å²) in [7, 11) is 1.56. The standard InChI is InChI=1S/C10H14Cl2N2O/c1-15-10-5-8(11)7(4-9(10)12)6-14-3-2-13/h4-5,14H,2-3,6,13H2,1H3. The molecule has 84 valence electrons. The van der Waals surface area contributed by atoms with E-state index in [1.54, 1.807) is 19.2 Å². The Labute approximate surface area is 99.5 Å². The molecule has 1 aromatic rings. The molecule has 0 saturated carbocycles. The molecule has 0 aliphatic heterocycles. The van der Waals surface area contributed by atoms with Crippen molar-refractivity contribution >= 4 is 23.2 Å². The Morgan fingerprint density at radius 3 is 2.67 bits per heavy atom. The van der Waals surface area contributed by atoms with E-state index in [4.69, 9.17) is 33.7 Å². The van der Waals surface area contributed by atoms with Gasteiger partial charge >= 0.3 is 0 Å². The predicted molar refractivity (Wildman–Crippen MR) is 63.8 cm³/mol. The fraction of sp³-hybridized carbons (Fsp3) is 0.400. The van der Waals surface area contributed by atoms with E-state index >= 15 is 0 Å². The molecule has 0 fully saturated rings. The largest absolute Gasteiger partial charge is 0.495 e. The van der Waals surface area contributed by atoms with Crippen LogP contribution >= 0.6 is 23.2 Å². The van der Waals surface area contributed by atoms with Gasteiger partial charge in [-0.05, 0) is 11.6 Å². The van der Waals surface area contributed by atoms with Gasteiger partial charge in [0.25, 0.3) is 0 Å². The van der Waals surface area contributed by atoms with Gasteiger partial charge < -0.3 is 15.8 Å². The molecular formula is C10H14Cl2N2O. The first-order valence-corrected chi connectivity index (χ1v) is 5.37. The van der Waals surface area contributed by atoms with Crippen molar-refractivity contribution in [2.45, 2.75) is 6.54 Å². The number of hydrogen-bond acceptors (Lipinski definition) is 3. The van der Waals surface area contributed by atoms with E-state index in [1.165, 1.54) is 0 Å². The van der Waals surface area contributed by atoms with Crippen molar-refractivity contribution in [2.24, 2.45) is 5.73 Å². The van der Waals surface area contributed by atoms with Crippen molar-refractivity contribution in [3.63, 3.8) is 0 Å². The minimum atomic E-state index is 0.562. The van der Waals surface area contributed by atoms with Crippen LogP contribution in [0.4, 0.5) is 0 Å². The lowest BCUT2D eigenvalue weighted by molar-refractivity contribution is 0.415. The third-order valence-electron chi connectivity index (χ3n) is 1.96. The van der Waals surface area contributed by atoms with Crippen molar-refractivity contribution in [3.8, 4) is 5.75 Å². The van der Waals surface area contributed by atoms with Gasteiger partial charge in [-0.1, -0.05) is 23.2 Å². The fourth-order valence-corrected chi connectivity index (χ4v) is 1.67. The maximum absolute atomic E-state index is 6.05. The molecule has 0 spiro atoms. The zero-order valence-corrected chi connectivity index (χ0v) is 10.0. The molecule has 0 aliphatic carbocycles. The smallest absolute Gasteiger partial charge is 0.138 e. The molecule has 0 bridgehead atoms. The summed E-state index contributed by atoms with van der Waals surface area (Å²) in [5.41, 5.74) is 6.31. The average Bonchev–Trinajstić information content (AvgIpc) is 2.23. The lowest BCUT2D eigenvalue weighted by Gasteiger charge is -2.09. The van der Waals surface area contributed by atoms with Crippen LogP contribution in [0.15, 0.2) is 12.1 Å². The molecule has 1 aromatic carbocycles. The summed E-state index contributed by atoms with van der Waals surface area (Å²) in [5, 5.41) is 4.35. The number of nitrogens with two attached hydrogens (primary N) is 1. The normalized spacial score (nSPS) is 10.4. The summed E-state index contributed by atoms with van der Waals surface area (Å²) in [6, 6.07) is 3.51. The van der Waals surface area contributed by atoms with E-state index in [-0.39, 0.29) is 0 Å². The van der Waals surface area contributed by atoms with Crippen molar-refractivity contribution < 1.29 is 4.74 Å². The molecular weight excluding hydrogens is 235 g/mol. The Morgan fingerprint density at radius 2 is 2.07 bits per heavy atom. The Bertz CT molecular complexity index is 331. The van der Waals surface area contributed by atoms with Crippen LogP contribution in [0.3, 0.4) is 0 Å². The van der Waals surface area contributed by atoms with Crippen molar-refractivity contribution in [1.82, 2.24) is 5.32 Å². The second kappa shape index (κ2) is 6.18. The average molecular weight is 249 g/mol. The predicted octanol–water partition coefficient (Wildman–Crippen LogP) is 2.05. The van der Waals surface area contributed by atoms with Gasteiger partial charge in [0.15, 0.2) is 0 Å². The molecule has 1 rings (SSSR count). The highest BCUT2D eigenvalue weighted by Gasteiger charge is 2.06. The highest BCUT2D eigenvalue weighted by molar-refractivity contribution is 6.34. The maximum Gasteiger partial charge on any atom is 0.138 e. The summed E-state index contributed by atoms with van der Waals surface area (Å²) in [5.74, 6) is 0.587. The molecule has 0 amide bonds. The molecule has 0 atom stereocenters. The number of ether oxygens (including phenoxy) is 1. The molecule has 0 radical (unpaired) electrons. The van der Waals surface area contributed by atoms with Crippen molar-refractivity contribution in [1.29, 1.82) is 0 Å². The summed E-state index contributed by atoms with van der Waals surface area (Å²) >= 11 is 12.0. The van der Waals surface area contributed by atoms with Gasteiger partial charge in [-0.25, -0.2) is 0 Å². The molecule has 3 nitrogen and oxygen atoms in total. The Morgan fingerprint density at radius 1 is 1.33 bits per heavy atom. The van der Waals surface area contributed by atoms with Gasteiger partial charge in [0.1, 0.15) is 5.75 Å². The van der Waals surface area contributed by atoms with Crippen LogP contribution in [0.1, 0.15) is 5.56 Å². The van der Waals surface area contributed by atoms with Gasteiger partial charge in [0.2, 0.25) is 0 Å². The minimum Gasteiger partial charge on any atom is -0.495 e. The number of halogens is 2. The van der Waals surface area contributed by atoms with Crippen LogP contribution < -0.4 is 15.8 Å². The number of hydrogen-bond donors (Lipinski definition) is 2. The lowest BCUT2D eigenvalue weighted by Crippen LogP contribution is -2.22. The van der Waals surface area contributed by atoms with Gasteiger partial charge in [0, 0.05) is 30.7 Å². The second-order valence-corrected chi connectivity index (χ2v) is 3.86. The summed E-state index contributed by atoms with van der Waals surface area (Å²) in [6.45, 7) is 2.00. The zero-order chi connectivity index (χ0) is 11.3. The van der Waals surface area contributed by atoms with E-state index in [1.807, 2.05) is 0 Å². The third-order valence-corrected chi connectivity index (χ3v) is 2.60. The van der Waals surface area contributed by atoms with Gasteiger partial charge in [-0.15, -0.1) is 0 Å². The molecule has 5 heteroatoms. The molecule has 0 unspecified atom stereocenters. The molecule has 3 N–H and O–H groups in total. The van der Waals surface area contributed by atoms with Gasteiger partial charge in [0.05, 0.1) is 12.1 Å². The van der Waals surface area contributed by atoms with E-state index in [0.29, 0.717) is 28.9 Å². The molecule has 0 aromatic heterocycles. The quantitative estimate of drug-likeness (QED) is 0.785. The highest BCUT2D eigenvalue weighted by Crippen LogP contribution is 2.30. The number of rotatable bonds is 5. The summed E-state index contributed by atoms with van der Waals surface area (Å²) < 4.78 is 5.05. The first-order valence-electron chi connectivity index (χ1n) is 4.61. The van der Waals surface area contributed by atoms with E-state index in [2.05, 4.69) is 5.32 Å². The van der Waals surface area contributed by atoms with Gasteiger partial charge in [-0.3, -0.25) is 0 Å². The Balaban J connectivity index is 2.76. The fourth-order valence-electron chi connectivity index (χ4n) is 1.19. The highest BCUT2D eigenvalue weighted by atomic mass is 35.5. The number of benzene rings is 1. The van der Waals surface area contributed by atoms with Crippen LogP contribution in [-0.4, -0.2) is 20.2 Å². The maximum atomic E-state index is 6.05. The Hall–Kier alpha value is -0.480. The number of methoxy groups -OCH3 is 1. The van der Waals surface area contributed by atoms with Crippen LogP contribution in [0.2, 0.25) is 10.0 Å². The SMILES string of the molecule is COc1cc(Cl)c(CNCCN)cc1Cl. The van der Waals surface area contributed by atoms with E-state index in [9.17, 15) is 0 Å². The van der Waals surface area contributed by atoms with E-state index < -0.39 is 0 Å². The van der Waals surface area contributed by atoms with Crippen molar-refractivity contribution in [3.05, 3.63) is 27.7 Å². The Kier molecular flexibility index (Phi) is 5.19.